The van der Waals surface area contributed by atoms with E-state index in [0.29, 0.717) is 5.17 Å². The molecule has 2 atom stereocenters. The molecule has 1 aliphatic heterocycles. The van der Waals surface area contributed by atoms with Crippen LogP contribution >= 0.6 is 23.5 Å². The van der Waals surface area contributed by atoms with Crippen LogP contribution in [0.4, 0.5) is 5.69 Å². The summed E-state index contributed by atoms with van der Waals surface area (Å²) in [7, 11) is 0. The molecule has 3 rings (SSSR count). The smallest absolute Gasteiger partial charge is 0.159 e. The average Bonchev–Trinajstić information content (AvgIpc) is 2.62. The van der Waals surface area contributed by atoms with Gasteiger partial charge in [-0.05, 0) is 44.2 Å². The van der Waals surface area contributed by atoms with E-state index in [9.17, 15) is 5.11 Å². The summed E-state index contributed by atoms with van der Waals surface area (Å²) in [6, 6.07) is 16.0. The van der Waals surface area contributed by atoms with Crippen molar-refractivity contribution in [3.8, 4) is 0 Å². The van der Waals surface area contributed by atoms with Gasteiger partial charge in [-0.3, -0.25) is 4.99 Å². The van der Waals surface area contributed by atoms with Crippen LogP contribution in [0.15, 0.2) is 58.4 Å². The molecule has 0 amide bonds. The summed E-state index contributed by atoms with van der Waals surface area (Å²) >= 11 is 3.25. The summed E-state index contributed by atoms with van der Waals surface area (Å²) in [5, 5.41) is 14.9. The van der Waals surface area contributed by atoms with Gasteiger partial charge in [-0.1, -0.05) is 48.2 Å². The van der Waals surface area contributed by atoms with Crippen molar-refractivity contribution in [2.24, 2.45) is 10.7 Å². The average molecular weight is 388 g/mol. The van der Waals surface area contributed by atoms with Crippen LogP contribution in [-0.2, 0) is 11.3 Å². The van der Waals surface area contributed by atoms with Crippen LogP contribution in [0.25, 0.3) is 0 Å². The Bertz CT molecular complexity index is 805. The number of amidine groups is 1. The summed E-state index contributed by atoms with van der Waals surface area (Å²) in [6.07, 6.45) is 2.98. The first-order valence-electron chi connectivity index (χ1n) is 8.57. The molecule has 0 spiro atoms. The summed E-state index contributed by atoms with van der Waals surface area (Å²) in [6.45, 7) is 3.88. The second-order valence-electron chi connectivity index (χ2n) is 6.80. The van der Waals surface area contributed by atoms with Crippen LogP contribution in [0.5, 0.6) is 0 Å². The lowest BCUT2D eigenvalue weighted by Gasteiger charge is -2.31. The van der Waals surface area contributed by atoms with Gasteiger partial charge < -0.3 is 16.2 Å². The summed E-state index contributed by atoms with van der Waals surface area (Å²) in [5.74, 6) is 0.971. The van der Waals surface area contributed by atoms with Crippen LogP contribution in [0.2, 0.25) is 0 Å². The van der Waals surface area contributed by atoms with Crippen molar-refractivity contribution >= 4 is 34.4 Å². The standard InChI is InChI=1S/C20H25N3OS2/c1-19(12-13-26-18(21)23-19)14-8-10-15(11-9-14)20(2,24)22-16-6-4-5-7-17(16)25-3/h4-11,22,24H,12-13H2,1-3H3,(H2,21,23). The van der Waals surface area contributed by atoms with Crippen LogP contribution in [-0.4, -0.2) is 22.3 Å². The fourth-order valence-electron chi connectivity index (χ4n) is 3.13. The third-order valence-corrected chi connectivity index (χ3v) is 6.34. The lowest BCUT2D eigenvalue weighted by atomic mass is 9.88. The minimum absolute atomic E-state index is 0.293. The Balaban J connectivity index is 1.84. The Hall–Kier alpha value is -1.63. The molecular formula is C20H25N3OS2. The van der Waals surface area contributed by atoms with Gasteiger partial charge in [0.1, 0.15) is 0 Å². The van der Waals surface area contributed by atoms with E-state index in [4.69, 9.17) is 5.73 Å². The molecule has 2 unspecified atom stereocenters. The number of nitrogens with one attached hydrogen (secondary N) is 1. The SMILES string of the molecule is CSc1ccccc1NC(C)(O)c1ccc(C2(C)CCSC(N)=N2)cc1. The van der Waals surface area contributed by atoms with E-state index in [1.54, 1.807) is 30.4 Å². The van der Waals surface area contributed by atoms with Crippen molar-refractivity contribution in [2.45, 2.75) is 36.4 Å². The number of benzene rings is 2. The maximum absolute atomic E-state index is 11.0. The number of thioether (sulfide) groups is 2. The van der Waals surface area contributed by atoms with Crippen LogP contribution in [0.1, 0.15) is 31.4 Å². The lowest BCUT2D eigenvalue weighted by Crippen LogP contribution is -2.32. The highest BCUT2D eigenvalue weighted by Gasteiger charge is 2.30. The molecule has 0 bridgehead atoms. The molecule has 0 saturated carbocycles. The minimum atomic E-state index is -1.17. The molecule has 1 heterocycles. The van der Waals surface area contributed by atoms with Gasteiger partial charge in [0.05, 0.1) is 11.2 Å². The van der Waals surface area contributed by atoms with Crippen LogP contribution < -0.4 is 11.1 Å². The molecule has 0 saturated heterocycles. The van der Waals surface area contributed by atoms with Gasteiger partial charge in [0, 0.05) is 16.2 Å². The first-order chi connectivity index (χ1) is 12.3. The number of hydrogen-bond donors (Lipinski definition) is 3. The second kappa shape index (κ2) is 7.55. The van der Waals surface area contributed by atoms with Gasteiger partial charge in [0.15, 0.2) is 10.9 Å². The highest BCUT2D eigenvalue weighted by Crippen LogP contribution is 2.36. The van der Waals surface area contributed by atoms with E-state index >= 15 is 0 Å². The van der Waals surface area contributed by atoms with Crippen LogP contribution in [0, 0.1) is 0 Å². The molecule has 0 aliphatic carbocycles. The van der Waals surface area contributed by atoms with Crippen molar-refractivity contribution < 1.29 is 5.11 Å². The number of hydrogen-bond acceptors (Lipinski definition) is 6. The third kappa shape index (κ3) is 4.03. The zero-order valence-corrected chi connectivity index (χ0v) is 17.0. The zero-order valence-electron chi connectivity index (χ0n) is 15.3. The van der Waals surface area contributed by atoms with E-state index in [1.807, 2.05) is 54.8 Å². The number of para-hydroxylation sites is 1. The molecule has 26 heavy (non-hydrogen) atoms. The first kappa shape index (κ1) is 19.1. The van der Waals surface area contributed by atoms with Crippen molar-refractivity contribution in [1.82, 2.24) is 0 Å². The molecule has 0 radical (unpaired) electrons. The van der Waals surface area contributed by atoms with E-state index in [2.05, 4.69) is 17.2 Å². The fourth-order valence-corrected chi connectivity index (χ4v) is 4.66. The molecular weight excluding hydrogens is 362 g/mol. The van der Waals surface area contributed by atoms with Gasteiger partial charge in [-0.15, -0.1) is 11.8 Å². The Morgan fingerprint density at radius 3 is 2.58 bits per heavy atom. The second-order valence-corrected chi connectivity index (χ2v) is 8.76. The predicted octanol–water partition coefficient (Wildman–Crippen LogP) is 4.35. The predicted molar refractivity (Wildman–Crippen MR) is 114 cm³/mol. The minimum Gasteiger partial charge on any atom is -0.379 e. The molecule has 4 nitrogen and oxygen atoms in total. The van der Waals surface area contributed by atoms with Crippen molar-refractivity contribution in [2.75, 3.05) is 17.3 Å². The Morgan fingerprint density at radius 1 is 1.23 bits per heavy atom. The highest BCUT2D eigenvalue weighted by molar-refractivity contribution is 8.13. The van der Waals surface area contributed by atoms with E-state index in [-0.39, 0.29) is 5.54 Å². The monoisotopic (exact) mass is 387 g/mol. The van der Waals surface area contributed by atoms with Gasteiger partial charge in [-0.25, -0.2) is 0 Å². The first-order valence-corrected chi connectivity index (χ1v) is 10.8. The molecule has 0 aromatic heterocycles. The number of aliphatic hydroxyl groups is 1. The lowest BCUT2D eigenvalue weighted by molar-refractivity contribution is 0.0884. The number of anilines is 1. The van der Waals surface area contributed by atoms with Gasteiger partial charge in [-0.2, -0.15) is 0 Å². The Morgan fingerprint density at radius 2 is 1.92 bits per heavy atom. The Kier molecular flexibility index (Phi) is 5.55. The summed E-state index contributed by atoms with van der Waals surface area (Å²) in [4.78, 5) is 5.74. The maximum Gasteiger partial charge on any atom is 0.159 e. The Labute approximate surface area is 163 Å². The highest BCUT2D eigenvalue weighted by atomic mass is 32.2. The van der Waals surface area contributed by atoms with Crippen molar-refractivity contribution in [1.29, 1.82) is 0 Å². The summed E-state index contributed by atoms with van der Waals surface area (Å²) < 4.78 is 0. The quantitative estimate of drug-likeness (QED) is 0.525. The molecule has 0 fully saturated rings. The molecule has 138 valence electrons. The molecule has 2 aromatic carbocycles. The van der Waals surface area contributed by atoms with Gasteiger partial charge in [0.25, 0.3) is 0 Å². The van der Waals surface area contributed by atoms with Crippen molar-refractivity contribution in [3.05, 3.63) is 59.7 Å². The van der Waals surface area contributed by atoms with E-state index < -0.39 is 5.72 Å². The number of nitrogens with zero attached hydrogens (tertiary/aromatic N) is 1. The van der Waals surface area contributed by atoms with Gasteiger partial charge in [0.2, 0.25) is 0 Å². The van der Waals surface area contributed by atoms with Gasteiger partial charge >= 0.3 is 0 Å². The number of nitrogens with two attached hydrogens (primary N) is 1. The molecule has 4 N–H and O–H groups in total. The number of aliphatic imine (C=N–C) groups is 1. The summed E-state index contributed by atoms with van der Waals surface area (Å²) in [5.41, 5.74) is 7.30. The molecule has 2 aromatic rings. The fraction of sp³-hybridized carbons (Fsp3) is 0.350. The number of rotatable bonds is 5. The maximum atomic E-state index is 11.0. The molecule has 1 aliphatic rings. The third-order valence-electron chi connectivity index (χ3n) is 4.75. The normalized spacial score (nSPS) is 22.4. The molecule has 6 heteroatoms. The van der Waals surface area contributed by atoms with Crippen molar-refractivity contribution in [3.63, 3.8) is 0 Å². The zero-order chi connectivity index (χ0) is 18.8. The largest absolute Gasteiger partial charge is 0.379 e. The van der Waals surface area contributed by atoms with E-state index in [1.165, 1.54) is 0 Å². The van der Waals surface area contributed by atoms with Crippen LogP contribution in [0.3, 0.4) is 0 Å². The topological polar surface area (TPSA) is 70.6 Å². The van der Waals surface area contributed by atoms with E-state index in [0.717, 1.165) is 33.9 Å².